The molecule has 0 fully saturated rings. The zero-order chi connectivity index (χ0) is 13.2. The Kier molecular flexibility index (Phi) is 2.80. The van der Waals surface area contributed by atoms with Gasteiger partial charge in [0.05, 0.1) is 11.3 Å². The third-order valence-electron chi connectivity index (χ3n) is 3.10. The van der Waals surface area contributed by atoms with Gasteiger partial charge in [0, 0.05) is 17.1 Å². The second kappa shape index (κ2) is 4.61. The SMILES string of the molecule is Cc1ccc(N=Cc2c(O)[nH]c3ccccc23)cc1. The lowest BCUT2D eigenvalue weighted by atomic mass is 10.2. The average molecular weight is 250 g/mol. The van der Waals surface area contributed by atoms with Crippen molar-refractivity contribution in [2.75, 3.05) is 0 Å². The fourth-order valence-corrected chi connectivity index (χ4v) is 2.05. The third-order valence-corrected chi connectivity index (χ3v) is 3.10. The van der Waals surface area contributed by atoms with Gasteiger partial charge in [-0.05, 0) is 25.1 Å². The van der Waals surface area contributed by atoms with Crippen molar-refractivity contribution in [3.05, 3.63) is 59.7 Å². The predicted octanol–water partition coefficient (Wildman–Crippen LogP) is 3.93. The molecule has 0 aliphatic carbocycles. The minimum atomic E-state index is 0.150. The molecule has 3 heteroatoms. The maximum absolute atomic E-state index is 9.91. The van der Waals surface area contributed by atoms with Crippen LogP contribution in [0.4, 0.5) is 5.69 Å². The molecule has 1 heterocycles. The van der Waals surface area contributed by atoms with E-state index in [2.05, 4.69) is 9.98 Å². The van der Waals surface area contributed by atoms with Crippen LogP contribution in [0.5, 0.6) is 5.88 Å². The molecule has 0 saturated heterocycles. The fourth-order valence-electron chi connectivity index (χ4n) is 2.05. The Bertz CT molecular complexity index is 739. The number of nitrogens with zero attached hydrogens (tertiary/aromatic N) is 1. The summed E-state index contributed by atoms with van der Waals surface area (Å²) in [6.07, 6.45) is 1.69. The number of rotatable bonds is 2. The number of aliphatic imine (C=N–C) groups is 1. The van der Waals surface area contributed by atoms with Gasteiger partial charge in [0.15, 0.2) is 5.88 Å². The van der Waals surface area contributed by atoms with Gasteiger partial charge in [0.1, 0.15) is 0 Å². The van der Waals surface area contributed by atoms with Gasteiger partial charge >= 0.3 is 0 Å². The number of nitrogens with one attached hydrogen (secondary N) is 1. The van der Waals surface area contributed by atoms with E-state index in [0.29, 0.717) is 0 Å². The number of fused-ring (bicyclic) bond motifs is 1. The normalized spacial score (nSPS) is 11.4. The first kappa shape index (κ1) is 11.5. The maximum atomic E-state index is 9.91. The van der Waals surface area contributed by atoms with Crippen LogP contribution in [0.2, 0.25) is 0 Å². The Morgan fingerprint density at radius 3 is 2.58 bits per heavy atom. The molecule has 1 aromatic heterocycles. The second-order valence-corrected chi connectivity index (χ2v) is 4.53. The highest BCUT2D eigenvalue weighted by Crippen LogP contribution is 2.25. The molecule has 0 aliphatic heterocycles. The van der Waals surface area contributed by atoms with Crippen molar-refractivity contribution in [2.24, 2.45) is 4.99 Å². The molecule has 0 unspecified atom stereocenters. The molecule has 3 nitrogen and oxygen atoms in total. The molecule has 19 heavy (non-hydrogen) atoms. The lowest BCUT2D eigenvalue weighted by molar-refractivity contribution is 0.457. The minimum absolute atomic E-state index is 0.150. The van der Waals surface area contributed by atoms with E-state index >= 15 is 0 Å². The van der Waals surface area contributed by atoms with Gasteiger partial charge in [-0.15, -0.1) is 0 Å². The number of para-hydroxylation sites is 1. The van der Waals surface area contributed by atoms with Crippen LogP contribution in [-0.2, 0) is 0 Å². The summed E-state index contributed by atoms with van der Waals surface area (Å²) in [5, 5.41) is 10.9. The molecule has 0 bridgehead atoms. The van der Waals surface area contributed by atoms with Crippen LogP contribution in [-0.4, -0.2) is 16.3 Å². The fraction of sp³-hybridized carbons (Fsp3) is 0.0625. The van der Waals surface area contributed by atoms with E-state index in [1.807, 2.05) is 55.5 Å². The van der Waals surface area contributed by atoms with E-state index in [1.54, 1.807) is 6.21 Å². The predicted molar refractivity (Wildman–Crippen MR) is 78.4 cm³/mol. The van der Waals surface area contributed by atoms with Gasteiger partial charge in [0.25, 0.3) is 0 Å². The highest BCUT2D eigenvalue weighted by molar-refractivity contribution is 6.02. The van der Waals surface area contributed by atoms with Gasteiger partial charge in [-0.2, -0.15) is 0 Å². The summed E-state index contributed by atoms with van der Waals surface area (Å²) in [4.78, 5) is 7.33. The third kappa shape index (κ3) is 2.22. The van der Waals surface area contributed by atoms with Crippen LogP contribution in [0, 0.1) is 6.92 Å². The molecule has 3 aromatic rings. The van der Waals surface area contributed by atoms with Crippen LogP contribution in [0.3, 0.4) is 0 Å². The number of benzene rings is 2. The summed E-state index contributed by atoms with van der Waals surface area (Å²) in [5.74, 6) is 0.150. The smallest absolute Gasteiger partial charge is 0.198 e. The first-order valence-electron chi connectivity index (χ1n) is 6.14. The van der Waals surface area contributed by atoms with Crippen molar-refractivity contribution in [3.63, 3.8) is 0 Å². The Balaban J connectivity index is 2.01. The number of aromatic hydroxyl groups is 1. The first-order chi connectivity index (χ1) is 9.24. The van der Waals surface area contributed by atoms with Crippen molar-refractivity contribution < 1.29 is 5.11 Å². The van der Waals surface area contributed by atoms with Crippen LogP contribution in [0.1, 0.15) is 11.1 Å². The largest absolute Gasteiger partial charge is 0.494 e. The topological polar surface area (TPSA) is 48.4 Å². The van der Waals surface area contributed by atoms with Gasteiger partial charge < -0.3 is 10.1 Å². The van der Waals surface area contributed by atoms with Gasteiger partial charge in [-0.25, -0.2) is 0 Å². The molecule has 0 radical (unpaired) electrons. The number of H-pyrrole nitrogens is 1. The Labute approximate surface area is 111 Å². The number of aryl methyl sites for hydroxylation is 1. The van der Waals surface area contributed by atoms with Crippen LogP contribution in [0.25, 0.3) is 10.9 Å². The molecule has 0 amide bonds. The summed E-state index contributed by atoms with van der Waals surface area (Å²) in [5.41, 5.74) is 3.70. The van der Waals surface area contributed by atoms with Gasteiger partial charge in [-0.3, -0.25) is 4.99 Å². The summed E-state index contributed by atoms with van der Waals surface area (Å²) >= 11 is 0. The molecule has 0 saturated carbocycles. The summed E-state index contributed by atoms with van der Waals surface area (Å²) in [6.45, 7) is 2.04. The Morgan fingerprint density at radius 1 is 1.05 bits per heavy atom. The van der Waals surface area contributed by atoms with E-state index in [1.165, 1.54) is 5.56 Å². The van der Waals surface area contributed by atoms with Crippen molar-refractivity contribution in [3.8, 4) is 5.88 Å². The molecule has 2 N–H and O–H groups in total. The van der Waals surface area contributed by atoms with Crippen LogP contribution in [0.15, 0.2) is 53.5 Å². The maximum Gasteiger partial charge on any atom is 0.198 e. The molecule has 0 atom stereocenters. The molecule has 94 valence electrons. The average Bonchev–Trinajstić information content (AvgIpc) is 2.74. The molecule has 0 aliphatic rings. The quantitative estimate of drug-likeness (QED) is 0.665. The zero-order valence-electron chi connectivity index (χ0n) is 10.6. The van der Waals surface area contributed by atoms with Crippen LogP contribution >= 0.6 is 0 Å². The summed E-state index contributed by atoms with van der Waals surface area (Å²) in [7, 11) is 0. The van der Waals surface area contributed by atoms with E-state index < -0.39 is 0 Å². The first-order valence-corrected chi connectivity index (χ1v) is 6.14. The van der Waals surface area contributed by atoms with E-state index in [9.17, 15) is 5.11 Å². The Hall–Kier alpha value is -2.55. The number of hydrogen-bond donors (Lipinski definition) is 2. The molecule has 0 spiro atoms. The zero-order valence-corrected chi connectivity index (χ0v) is 10.6. The van der Waals surface area contributed by atoms with Crippen molar-refractivity contribution in [1.82, 2.24) is 4.98 Å². The van der Waals surface area contributed by atoms with Crippen molar-refractivity contribution in [2.45, 2.75) is 6.92 Å². The van der Waals surface area contributed by atoms with Crippen LogP contribution < -0.4 is 0 Å². The lowest BCUT2D eigenvalue weighted by Gasteiger charge is -1.95. The van der Waals surface area contributed by atoms with Crippen molar-refractivity contribution in [1.29, 1.82) is 0 Å². The van der Waals surface area contributed by atoms with E-state index in [4.69, 9.17) is 0 Å². The number of aromatic amines is 1. The van der Waals surface area contributed by atoms with E-state index in [-0.39, 0.29) is 5.88 Å². The second-order valence-electron chi connectivity index (χ2n) is 4.53. The van der Waals surface area contributed by atoms with Gasteiger partial charge in [0.2, 0.25) is 0 Å². The minimum Gasteiger partial charge on any atom is -0.494 e. The lowest BCUT2D eigenvalue weighted by Crippen LogP contribution is -1.79. The number of hydrogen-bond acceptors (Lipinski definition) is 2. The highest BCUT2D eigenvalue weighted by Gasteiger charge is 2.07. The molecule has 2 aromatic carbocycles. The summed E-state index contributed by atoms with van der Waals surface area (Å²) < 4.78 is 0. The Morgan fingerprint density at radius 2 is 1.79 bits per heavy atom. The molecular formula is C16H14N2O. The van der Waals surface area contributed by atoms with E-state index in [0.717, 1.165) is 22.2 Å². The molecular weight excluding hydrogens is 236 g/mol. The monoisotopic (exact) mass is 250 g/mol. The number of aromatic nitrogens is 1. The highest BCUT2D eigenvalue weighted by atomic mass is 16.3. The summed E-state index contributed by atoms with van der Waals surface area (Å²) in [6, 6.07) is 15.7. The van der Waals surface area contributed by atoms with Gasteiger partial charge in [-0.1, -0.05) is 35.9 Å². The molecule has 3 rings (SSSR count). The standard InChI is InChI=1S/C16H14N2O/c1-11-6-8-12(9-7-11)17-10-14-13-4-2-3-5-15(13)18-16(14)19/h2-10,18-19H,1H3. The van der Waals surface area contributed by atoms with Crippen molar-refractivity contribution >= 4 is 22.8 Å².